The molecule has 0 bridgehead atoms. The number of carbonyl (C=O) groups excluding carboxylic acids is 1. The minimum atomic E-state index is 0.300. The third-order valence-electron chi connectivity index (χ3n) is 2.07. The average Bonchev–Trinajstić information content (AvgIpc) is 2.28. The van der Waals surface area contributed by atoms with E-state index in [1.54, 1.807) is 11.1 Å². The monoisotopic (exact) mass is 219 g/mol. The fraction of sp³-hybridized carbons (Fsp3) is 0.308. The van der Waals surface area contributed by atoms with Crippen molar-refractivity contribution in [3.8, 4) is 5.75 Å². The van der Waals surface area contributed by atoms with Gasteiger partial charge in [0.05, 0.1) is 0 Å². The van der Waals surface area contributed by atoms with Gasteiger partial charge in [-0.05, 0) is 24.1 Å². The molecule has 1 aromatic rings. The second-order valence-electron chi connectivity index (χ2n) is 3.71. The predicted molar refractivity (Wildman–Crippen MR) is 64.3 cm³/mol. The molecule has 0 saturated carbocycles. The number of aryl methyl sites for hydroxylation is 1. The van der Waals surface area contributed by atoms with Crippen LogP contribution in [0.4, 0.5) is 0 Å². The van der Waals surface area contributed by atoms with Gasteiger partial charge in [0.25, 0.3) is 0 Å². The summed E-state index contributed by atoms with van der Waals surface area (Å²) in [6.07, 6.45) is 3.34. The maximum Gasteiger partial charge on any atom is 0.186 e. The Morgan fingerprint density at radius 2 is 1.94 bits per heavy atom. The van der Waals surface area contributed by atoms with Crippen LogP contribution in [0.1, 0.15) is 12.5 Å². The molecule has 0 aliphatic heterocycles. The first kappa shape index (κ1) is 12.3. The first-order valence-electron chi connectivity index (χ1n) is 5.26. The number of ether oxygens (including phenoxy) is 1. The van der Waals surface area contributed by atoms with Crippen molar-refractivity contribution in [3.05, 3.63) is 41.8 Å². The molecular formula is C13H17NO2. The maximum absolute atomic E-state index is 10.7. The molecule has 0 fully saturated rings. The Kier molecular flexibility index (Phi) is 4.58. The van der Waals surface area contributed by atoms with E-state index >= 15 is 0 Å². The van der Waals surface area contributed by atoms with Crippen LogP contribution >= 0.6 is 0 Å². The van der Waals surface area contributed by atoms with Gasteiger partial charge in [0.15, 0.2) is 12.0 Å². The van der Waals surface area contributed by atoms with Gasteiger partial charge in [-0.3, -0.25) is 4.79 Å². The number of carbonyl (C=O) groups is 1. The number of nitrogens with zero attached hydrogens (tertiary/aromatic N) is 1. The number of rotatable bonds is 5. The van der Waals surface area contributed by atoms with Crippen LogP contribution < -0.4 is 4.74 Å². The number of hydrogen-bond acceptors (Lipinski definition) is 3. The number of benzene rings is 1. The summed E-state index contributed by atoms with van der Waals surface area (Å²) in [5, 5.41) is 0. The van der Waals surface area contributed by atoms with E-state index in [1.807, 2.05) is 38.4 Å². The highest BCUT2D eigenvalue weighted by molar-refractivity contribution is 5.70. The summed E-state index contributed by atoms with van der Waals surface area (Å²) in [7, 11) is 3.68. The van der Waals surface area contributed by atoms with Crippen LogP contribution in [0.25, 0.3) is 0 Å². The van der Waals surface area contributed by atoms with E-state index in [2.05, 4.69) is 6.92 Å². The fourth-order valence-electron chi connectivity index (χ4n) is 1.26. The van der Waals surface area contributed by atoms with Crippen molar-refractivity contribution in [2.75, 3.05) is 14.1 Å². The van der Waals surface area contributed by atoms with E-state index in [0.29, 0.717) is 17.8 Å². The number of hydrogen-bond donors (Lipinski definition) is 0. The highest BCUT2D eigenvalue weighted by atomic mass is 16.5. The molecule has 0 spiro atoms. The molecule has 0 radical (unpaired) electrons. The van der Waals surface area contributed by atoms with Crippen molar-refractivity contribution in [3.63, 3.8) is 0 Å². The van der Waals surface area contributed by atoms with E-state index in [0.717, 1.165) is 6.42 Å². The van der Waals surface area contributed by atoms with Gasteiger partial charge in [-0.25, -0.2) is 0 Å². The Morgan fingerprint density at radius 3 is 2.38 bits per heavy atom. The lowest BCUT2D eigenvalue weighted by Gasteiger charge is -2.09. The molecule has 1 rings (SSSR count). The van der Waals surface area contributed by atoms with Crippen molar-refractivity contribution >= 4 is 6.29 Å². The molecule has 0 amide bonds. The highest BCUT2D eigenvalue weighted by Gasteiger charge is 2.00. The molecule has 0 aromatic heterocycles. The SMILES string of the molecule is CCc1ccc(O/C(C=O)=C\N(C)C)cc1. The molecule has 16 heavy (non-hydrogen) atoms. The molecule has 0 saturated heterocycles. The topological polar surface area (TPSA) is 29.5 Å². The second-order valence-corrected chi connectivity index (χ2v) is 3.71. The van der Waals surface area contributed by atoms with Crippen molar-refractivity contribution in [1.82, 2.24) is 4.90 Å². The number of allylic oxidation sites excluding steroid dienone is 1. The van der Waals surface area contributed by atoms with E-state index in [-0.39, 0.29) is 0 Å². The van der Waals surface area contributed by atoms with Crippen molar-refractivity contribution in [1.29, 1.82) is 0 Å². The van der Waals surface area contributed by atoms with Gasteiger partial charge in [0.2, 0.25) is 0 Å². The molecule has 1 aromatic carbocycles. The minimum Gasteiger partial charge on any atom is -0.452 e. The smallest absolute Gasteiger partial charge is 0.186 e. The molecule has 0 N–H and O–H groups in total. The standard InChI is InChI=1S/C13H17NO2/c1-4-11-5-7-12(8-6-11)16-13(10-15)9-14(2)3/h5-10H,4H2,1-3H3/b13-9-. The van der Waals surface area contributed by atoms with Gasteiger partial charge in [0, 0.05) is 20.3 Å². The van der Waals surface area contributed by atoms with Crippen LogP contribution in [-0.4, -0.2) is 25.3 Å². The number of aldehydes is 1. The summed E-state index contributed by atoms with van der Waals surface area (Å²) < 4.78 is 5.43. The van der Waals surface area contributed by atoms with Gasteiger partial charge in [0.1, 0.15) is 5.75 Å². The van der Waals surface area contributed by atoms with Gasteiger partial charge < -0.3 is 9.64 Å². The molecule has 86 valence electrons. The van der Waals surface area contributed by atoms with Crippen LogP contribution in [0.15, 0.2) is 36.2 Å². The zero-order valence-electron chi connectivity index (χ0n) is 9.93. The highest BCUT2D eigenvalue weighted by Crippen LogP contribution is 2.14. The average molecular weight is 219 g/mol. The zero-order chi connectivity index (χ0) is 12.0. The summed E-state index contributed by atoms with van der Waals surface area (Å²) >= 11 is 0. The molecule has 3 heteroatoms. The van der Waals surface area contributed by atoms with E-state index in [4.69, 9.17) is 4.74 Å². The minimum absolute atomic E-state index is 0.300. The first-order valence-corrected chi connectivity index (χ1v) is 5.26. The van der Waals surface area contributed by atoms with Gasteiger partial charge in [-0.2, -0.15) is 0 Å². The van der Waals surface area contributed by atoms with Crippen LogP contribution in [0.3, 0.4) is 0 Å². The lowest BCUT2D eigenvalue weighted by molar-refractivity contribution is -0.106. The van der Waals surface area contributed by atoms with E-state index < -0.39 is 0 Å². The quantitative estimate of drug-likeness (QED) is 0.432. The Morgan fingerprint density at radius 1 is 1.31 bits per heavy atom. The Labute approximate surface area is 96.3 Å². The Balaban J connectivity index is 2.74. The maximum atomic E-state index is 10.7. The van der Waals surface area contributed by atoms with E-state index in [1.165, 1.54) is 5.56 Å². The fourth-order valence-corrected chi connectivity index (χ4v) is 1.26. The van der Waals surface area contributed by atoms with Gasteiger partial charge in [-0.1, -0.05) is 19.1 Å². The molecule has 0 aliphatic carbocycles. The third kappa shape index (κ3) is 3.77. The van der Waals surface area contributed by atoms with Crippen LogP contribution in [0, 0.1) is 0 Å². The molecule has 0 atom stereocenters. The lowest BCUT2D eigenvalue weighted by atomic mass is 10.2. The van der Waals surface area contributed by atoms with Crippen LogP contribution in [0.5, 0.6) is 5.75 Å². The summed E-state index contributed by atoms with van der Waals surface area (Å²) in [6, 6.07) is 7.72. The van der Waals surface area contributed by atoms with Crippen LogP contribution in [0.2, 0.25) is 0 Å². The molecular weight excluding hydrogens is 202 g/mol. The summed E-state index contributed by atoms with van der Waals surface area (Å²) in [5.41, 5.74) is 1.25. The summed E-state index contributed by atoms with van der Waals surface area (Å²) in [6.45, 7) is 2.10. The predicted octanol–water partition coefficient (Wildman–Crippen LogP) is 2.23. The largest absolute Gasteiger partial charge is 0.452 e. The van der Waals surface area contributed by atoms with Crippen molar-refractivity contribution in [2.45, 2.75) is 13.3 Å². The first-order chi connectivity index (χ1) is 7.65. The van der Waals surface area contributed by atoms with Gasteiger partial charge >= 0.3 is 0 Å². The van der Waals surface area contributed by atoms with Crippen molar-refractivity contribution in [2.24, 2.45) is 0 Å². The molecule has 0 unspecified atom stereocenters. The Bertz CT molecular complexity index is 366. The Hall–Kier alpha value is -1.77. The van der Waals surface area contributed by atoms with Crippen molar-refractivity contribution < 1.29 is 9.53 Å². The lowest BCUT2D eigenvalue weighted by Crippen LogP contribution is -2.07. The summed E-state index contributed by atoms with van der Waals surface area (Å²) in [4.78, 5) is 12.5. The summed E-state index contributed by atoms with van der Waals surface area (Å²) in [5.74, 6) is 0.978. The second kappa shape index (κ2) is 5.95. The third-order valence-corrected chi connectivity index (χ3v) is 2.07. The van der Waals surface area contributed by atoms with E-state index in [9.17, 15) is 4.79 Å². The van der Waals surface area contributed by atoms with Crippen LogP contribution in [-0.2, 0) is 11.2 Å². The molecule has 3 nitrogen and oxygen atoms in total. The zero-order valence-corrected chi connectivity index (χ0v) is 9.93. The van der Waals surface area contributed by atoms with Gasteiger partial charge in [-0.15, -0.1) is 0 Å². The molecule has 0 aliphatic rings. The molecule has 0 heterocycles. The normalized spacial score (nSPS) is 11.1.